The molecule has 1 fully saturated rings. The van der Waals surface area contributed by atoms with Crippen molar-refractivity contribution in [2.45, 2.75) is 36.7 Å². The fourth-order valence-corrected chi connectivity index (χ4v) is 5.57. The number of amides is 1. The lowest BCUT2D eigenvalue weighted by Crippen LogP contribution is -2.45. The molecule has 1 aromatic heterocycles. The Bertz CT molecular complexity index is 1370. The first kappa shape index (κ1) is 26.5. The largest absolute Gasteiger partial charge is 0.417 e. The number of hydrogen-bond donors (Lipinski definition) is 1. The Labute approximate surface area is 208 Å². The Morgan fingerprint density at radius 3 is 2.43 bits per heavy atom. The van der Waals surface area contributed by atoms with Gasteiger partial charge in [0.15, 0.2) is 0 Å². The van der Waals surface area contributed by atoms with E-state index in [2.05, 4.69) is 15.0 Å². The van der Waals surface area contributed by atoms with E-state index < -0.39 is 52.9 Å². The van der Waals surface area contributed by atoms with Gasteiger partial charge in [0.1, 0.15) is 23.8 Å². The van der Waals surface area contributed by atoms with Gasteiger partial charge in [-0.2, -0.15) is 13.1 Å². The lowest BCUT2D eigenvalue weighted by Gasteiger charge is -2.23. The van der Waals surface area contributed by atoms with Crippen LogP contribution in [0.5, 0.6) is 5.88 Å². The van der Waals surface area contributed by atoms with Crippen molar-refractivity contribution >= 4 is 15.9 Å². The van der Waals surface area contributed by atoms with Gasteiger partial charge in [0.2, 0.25) is 21.8 Å². The summed E-state index contributed by atoms with van der Waals surface area (Å²) in [6.45, 7) is -3.79. The number of aromatic nitrogens is 1. The van der Waals surface area contributed by atoms with E-state index in [1.807, 2.05) is 0 Å². The Hall–Kier alpha value is -3.58. The zero-order valence-electron chi connectivity index (χ0n) is 19.0. The van der Waals surface area contributed by atoms with E-state index in [1.165, 1.54) is 30.5 Å². The van der Waals surface area contributed by atoms with Crippen molar-refractivity contribution in [1.82, 2.24) is 14.6 Å². The van der Waals surface area contributed by atoms with Crippen LogP contribution in [0.4, 0.5) is 22.0 Å². The summed E-state index contributed by atoms with van der Waals surface area (Å²) >= 11 is 0. The first-order chi connectivity index (χ1) is 17.5. The SMILES string of the molecule is O=C(NCc1cc(F)cc(-c2ccc(OC(F)F)nc2)c1)[C@@H]1C[C@@H](F)CN1S(=O)(=O)c1ccc(F)cc1. The molecule has 4 rings (SSSR count). The number of hydrogen-bond acceptors (Lipinski definition) is 5. The summed E-state index contributed by atoms with van der Waals surface area (Å²) in [7, 11) is -4.28. The van der Waals surface area contributed by atoms with Crippen molar-refractivity contribution in [1.29, 1.82) is 0 Å². The van der Waals surface area contributed by atoms with Crippen LogP contribution in [0.25, 0.3) is 11.1 Å². The van der Waals surface area contributed by atoms with E-state index >= 15 is 0 Å². The molecule has 1 saturated heterocycles. The van der Waals surface area contributed by atoms with E-state index in [4.69, 9.17) is 0 Å². The molecule has 0 radical (unpaired) electrons. The molecule has 2 aromatic carbocycles. The van der Waals surface area contributed by atoms with Crippen molar-refractivity contribution in [3.05, 3.63) is 78.0 Å². The first-order valence-electron chi connectivity index (χ1n) is 10.9. The fourth-order valence-electron chi connectivity index (χ4n) is 3.94. The average Bonchev–Trinajstić information content (AvgIpc) is 3.25. The average molecular weight is 541 g/mol. The molecule has 196 valence electrons. The first-order valence-corrected chi connectivity index (χ1v) is 12.4. The van der Waals surface area contributed by atoms with Gasteiger partial charge in [0, 0.05) is 37.3 Å². The van der Waals surface area contributed by atoms with Crippen molar-refractivity contribution in [2.24, 2.45) is 0 Å². The number of alkyl halides is 3. The van der Waals surface area contributed by atoms with Crippen molar-refractivity contribution < 1.29 is 39.9 Å². The molecule has 0 bridgehead atoms. The van der Waals surface area contributed by atoms with Gasteiger partial charge in [-0.1, -0.05) is 0 Å². The van der Waals surface area contributed by atoms with Gasteiger partial charge in [-0.3, -0.25) is 4.79 Å². The summed E-state index contributed by atoms with van der Waals surface area (Å²) in [5.41, 5.74) is 1.03. The second-order valence-corrected chi connectivity index (χ2v) is 10.1. The van der Waals surface area contributed by atoms with Crippen molar-refractivity contribution in [3.63, 3.8) is 0 Å². The summed E-state index contributed by atoms with van der Waals surface area (Å²) in [5.74, 6) is -2.40. The van der Waals surface area contributed by atoms with Gasteiger partial charge < -0.3 is 10.1 Å². The second kappa shape index (κ2) is 10.8. The Balaban J connectivity index is 1.48. The molecule has 0 spiro atoms. The molecular weight excluding hydrogens is 521 g/mol. The Morgan fingerprint density at radius 1 is 1.05 bits per heavy atom. The summed E-state index contributed by atoms with van der Waals surface area (Å²) in [6.07, 6.45) is -0.747. The summed E-state index contributed by atoms with van der Waals surface area (Å²) in [6, 6.07) is 9.03. The zero-order valence-corrected chi connectivity index (χ0v) is 19.8. The monoisotopic (exact) mass is 541 g/mol. The predicted molar refractivity (Wildman–Crippen MR) is 122 cm³/mol. The molecule has 2 heterocycles. The molecule has 37 heavy (non-hydrogen) atoms. The number of pyridine rings is 1. The maximum Gasteiger partial charge on any atom is 0.388 e. The molecule has 2 atom stereocenters. The van der Waals surface area contributed by atoms with Crippen LogP contribution < -0.4 is 10.1 Å². The number of carbonyl (C=O) groups is 1. The van der Waals surface area contributed by atoms with Gasteiger partial charge in [-0.15, -0.1) is 0 Å². The molecule has 0 saturated carbocycles. The fraction of sp³-hybridized carbons (Fsp3) is 0.250. The highest BCUT2D eigenvalue weighted by Crippen LogP contribution is 2.29. The number of rotatable bonds is 8. The van der Waals surface area contributed by atoms with Crippen molar-refractivity contribution in [2.75, 3.05) is 6.54 Å². The molecule has 1 aliphatic rings. The predicted octanol–water partition coefficient (Wildman–Crippen LogP) is 4.05. The van der Waals surface area contributed by atoms with Crippen LogP contribution in [0.3, 0.4) is 0 Å². The summed E-state index contributed by atoms with van der Waals surface area (Å²) in [5, 5.41) is 2.50. The second-order valence-electron chi connectivity index (χ2n) is 8.21. The van der Waals surface area contributed by atoms with Crippen LogP contribution >= 0.6 is 0 Å². The van der Waals surface area contributed by atoms with Crippen LogP contribution in [-0.4, -0.2) is 49.0 Å². The number of nitrogens with one attached hydrogen (secondary N) is 1. The Morgan fingerprint density at radius 2 is 1.78 bits per heavy atom. The third-order valence-corrected chi connectivity index (χ3v) is 7.52. The van der Waals surface area contributed by atoms with Crippen LogP contribution in [0.2, 0.25) is 0 Å². The molecule has 3 aromatic rings. The van der Waals surface area contributed by atoms with Crippen LogP contribution in [0, 0.1) is 11.6 Å². The number of sulfonamides is 1. The lowest BCUT2D eigenvalue weighted by molar-refractivity contribution is -0.124. The number of benzene rings is 2. The third kappa shape index (κ3) is 6.23. The minimum atomic E-state index is -4.28. The van der Waals surface area contributed by atoms with Gasteiger partial charge in [-0.05, 0) is 59.7 Å². The smallest absolute Gasteiger partial charge is 0.388 e. The maximum atomic E-state index is 14.3. The van der Waals surface area contributed by atoms with E-state index in [1.54, 1.807) is 0 Å². The van der Waals surface area contributed by atoms with Crippen LogP contribution in [0.1, 0.15) is 12.0 Å². The molecule has 7 nitrogen and oxygen atoms in total. The Kier molecular flexibility index (Phi) is 7.73. The lowest BCUT2D eigenvalue weighted by atomic mass is 10.0. The van der Waals surface area contributed by atoms with E-state index in [-0.39, 0.29) is 23.7 Å². The highest BCUT2D eigenvalue weighted by molar-refractivity contribution is 7.89. The number of nitrogens with zero attached hydrogens (tertiary/aromatic N) is 2. The van der Waals surface area contributed by atoms with Crippen LogP contribution in [0.15, 0.2) is 65.7 Å². The number of ether oxygens (including phenoxy) is 1. The molecule has 0 unspecified atom stereocenters. The number of carbonyl (C=O) groups excluding carboxylic acids is 1. The van der Waals surface area contributed by atoms with Crippen molar-refractivity contribution in [3.8, 4) is 17.0 Å². The molecular formula is C24H20F5N3O4S. The van der Waals surface area contributed by atoms with Gasteiger partial charge in [0.25, 0.3) is 0 Å². The molecule has 1 amide bonds. The van der Waals surface area contributed by atoms with E-state index in [0.29, 0.717) is 16.7 Å². The minimum Gasteiger partial charge on any atom is -0.417 e. The van der Waals surface area contributed by atoms with E-state index in [9.17, 15) is 35.2 Å². The molecule has 13 heteroatoms. The van der Waals surface area contributed by atoms with Gasteiger partial charge >= 0.3 is 6.61 Å². The third-order valence-electron chi connectivity index (χ3n) is 5.63. The standard InChI is InChI=1S/C24H20F5N3O4S/c25-17-2-4-20(5-3-17)37(34,35)32-13-19(27)10-21(32)23(33)31-11-14-7-16(9-18(26)8-14)15-1-6-22(30-12-15)36-24(28)29/h1-9,12,19,21,24H,10-11,13H2,(H,31,33)/t19-,21+/m1/s1. The normalized spacial score (nSPS) is 18.2. The van der Waals surface area contributed by atoms with Gasteiger partial charge in [0.05, 0.1) is 4.90 Å². The number of halogens is 5. The highest BCUT2D eigenvalue weighted by atomic mass is 32.2. The van der Waals surface area contributed by atoms with E-state index in [0.717, 1.165) is 34.6 Å². The molecule has 1 aliphatic heterocycles. The highest BCUT2D eigenvalue weighted by Gasteiger charge is 2.44. The summed E-state index contributed by atoms with van der Waals surface area (Å²) in [4.78, 5) is 16.3. The zero-order chi connectivity index (χ0) is 26.7. The quantitative estimate of drug-likeness (QED) is 0.435. The maximum absolute atomic E-state index is 14.3. The molecule has 0 aliphatic carbocycles. The summed E-state index contributed by atoms with van der Waals surface area (Å²) < 4.78 is 97.1. The van der Waals surface area contributed by atoms with Crippen LogP contribution in [-0.2, 0) is 21.4 Å². The molecule has 1 N–H and O–H groups in total. The minimum absolute atomic E-state index is 0.207. The topological polar surface area (TPSA) is 88.6 Å². The van der Waals surface area contributed by atoms with Gasteiger partial charge in [-0.25, -0.2) is 26.6 Å².